The lowest BCUT2D eigenvalue weighted by Crippen LogP contribution is -2.43. The summed E-state index contributed by atoms with van der Waals surface area (Å²) in [6.45, 7) is 2.60. The summed E-state index contributed by atoms with van der Waals surface area (Å²) in [5.74, 6) is 4.05. The molecule has 0 bridgehead atoms. The molecule has 98 valence electrons. The summed E-state index contributed by atoms with van der Waals surface area (Å²) in [5, 5.41) is 0. The lowest BCUT2D eigenvalue weighted by atomic mass is 9.54. The van der Waals surface area contributed by atoms with Gasteiger partial charge in [0.25, 0.3) is 0 Å². The van der Waals surface area contributed by atoms with Crippen LogP contribution in [0.5, 0.6) is 0 Å². The molecule has 0 aromatic carbocycles. The fourth-order valence-corrected chi connectivity index (χ4v) is 5.89. The van der Waals surface area contributed by atoms with Crippen molar-refractivity contribution in [1.82, 2.24) is 0 Å². The molecule has 0 N–H and O–H groups in total. The van der Waals surface area contributed by atoms with Crippen LogP contribution >= 0.6 is 0 Å². The van der Waals surface area contributed by atoms with E-state index in [0.29, 0.717) is 0 Å². The van der Waals surface area contributed by atoms with Gasteiger partial charge in [-0.25, -0.2) is 0 Å². The third-order valence-electron chi connectivity index (χ3n) is 6.80. The highest BCUT2D eigenvalue weighted by Gasteiger charge is 2.51. The molecule has 0 nitrogen and oxygen atoms in total. The van der Waals surface area contributed by atoms with Crippen LogP contribution in [0, 0.1) is 29.1 Å². The summed E-state index contributed by atoms with van der Waals surface area (Å²) in [7, 11) is 0. The zero-order chi connectivity index (χ0) is 12.2. The van der Waals surface area contributed by atoms with E-state index in [1.54, 1.807) is 5.57 Å². The second-order valence-electron chi connectivity index (χ2n) is 7.55. The van der Waals surface area contributed by atoms with Crippen molar-refractivity contribution in [2.24, 2.45) is 29.1 Å². The normalized spacial score (nSPS) is 50.2. The predicted octanol–water partition coefficient (Wildman–Crippen LogP) is 5.12. The standard InChI is InChI=1S/C18H26/c1-18-11-4-7-17(18)16-9-8-13-5-2-3-6-14(13)15(16)10-12-18/h2,5,8,14-17H,3-4,6-7,9-12H2,1H3/t14-,15+,16+,17-,18-/m0/s1. The number of allylic oxidation sites excluding steroid dienone is 4. The average molecular weight is 242 g/mol. The highest BCUT2D eigenvalue weighted by atomic mass is 14.6. The molecule has 5 atom stereocenters. The van der Waals surface area contributed by atoms with Crippen molar-refractivity contribution >= 4 is 0 Å². The van der Waals surface area contributed by atoms with Gasteiger partial charge in [-0.1, -0.05) is 31.6 Å². The van der Waals surface area contributed by atoms with Crippen LogP contribution in [0.4, 0.5) is 0 Å². The van der Waals surface area contributed by atoms with Crippen molar-refractivity contribution in [2.75, 3.05) is 0 Å². The molecule has 0 spiro atoms. The minimum Gasteiger partial charge on any atom is -0.0842 e. The van der Waals surface area contributed by atoms with Crippen LogP contribution in [0.15, 0.2) is 23.8 Å². The van der Waals surface area contributed by atoms with E-state index in [2.05, 4.69) is 25.2 Å². The molecule has 0 heteroatoms. The molecule has 0 unspecified atom stereocenters. The zero-order valence-electron chi connectivity index (χ0n) is 11.7. The molecular formula is C18H26. The second-order valence-corrected chi connectivity index (χ2v) is 7.55. The Morgan fingerprint density at radius 2 is 2.06 bits per heavy atom. The number of fused-ring (bicyclic) bond motifs is 5. The Morgan fingerprint density at radius 1 is 1.11 bits per heavy atom. The molecule has 4 aliphatic carbocycles. The van der Waals surface area contributed by atoms with E-state index in [9.17, 15) is 0 Å². The maximum Gasteiger partial charge on any atom is -0.0131 e. The van der Waals surface area contributed by atoms with E-state index in [1.165, 1.54) is 51.4 Å². The first kappa shape index (κ1) is 11.3. The maximum atomic E-state index is 2.60. The van der Waals surface area contributed by atoms with E-state index < -0.39 is 0 Å². The minimum absolute atomic E-state index is 0.719. The molecule has 18 heavy (non-hydrogen) atoms. The topological polar surface area (TPSA) is 0 Å². The zero-order valence-corrected chi connectivity index (χ0v) is 11.7. The van der Waals surface area contributed by atoms with E-state index >= 15 is 0 Å². The first-order valence-corrected chi connectivity index (χ1v) is 8.14. The number of hydrogen-bond donors (Lipinski definition) is 0. The van der Waals surface area contributed by atoms with Crippen LogP contribution in [-0.2, 0) is 0 Å². The van der Waals surface area contributed by atoms with Crippen LogP contribution in [-0.4, -0.2) is 0 Å². The van der Waals surface area contributed by atoms with Crippen molar-refractivity contribution in [2.45, 2.75) is 58.3 Å². The van der Waals surface area contributed by atoms with Crippen LogP contribution < -0.4 is 0 Å². The van der Waals surface area contributed by atoms with Gasteiger partial charge in [-0.05, 0) is 79.6 Å². The number of rotatable bonds is 0. The first-order valence-electron chi connectivity index (χ1n) is 8.14. The smallest absolute Gasteiger partial charge is 0.0131 e. The second kappa shape index (κ2) is 3.99. The van der Waals surface area contributed by atoms with E-state index in [1.807, 2.05) is 0 Å². The Morgan fingerprint density at radius 3 is 3.00 bits per heavy atom. The molecule has 0 aliphatic heterocycles. The van der Waals surface area contributed by atoms with Gasteiger partial charge in [0.2, 0.25) is 0 Å². The van der Waals surface area contributed by atoms with Gasteiger partial charge in [0, 0.05) is 0 Å². The summed E-state index contributed by atoms with van der Waals surface area (Å²) in [5.41, 5.74) is 2.42. The van der Waals surface area contributed by atoms with Crippen molar-refractivity contribution in [3.63, 3.8) is 0 Å². The van der Waals surface area contributed by atoms with Crippen molar-refractivity contribution in [1.29, 1.82) is 0 Å². The lowest BCUT2D eigenvalue weighted by Gasteiger charge is -2.51. The SMILES string of the molecule is C[C@@]12CCC[C@H]1[C@@H]1CC=C3C=CCC[C@@H]3[C@H]1CC2. The summed E-state index contributed by atoms with van der Waals surface area (Å²) in [4.78, 5) is 0. The Balaban J connectivity index is 1.67. The molecule has 0 saturated heterocycles. The van der Waals surface area contributed by atoms with E-state index in [-0.39, 0.29) is 0 Å². The largest absolute Gasteiger partial charge is 0.0842 e. The molecule has 4 aliphatic rings. The Labute approximate surface area is 112 Å². The van der Waals surface area contributed by atoms with Crippen molar-refractivity contribution in [3.05, 3.63) is 23.8 Å². The molecule has 2 fully saturated rings. The van der Waals surface area contributed by atoms with Crippen molar-refractivity contribution < 1.29 is 0 Å². The van der Waals surface area contributed by atoms with Crippen LogP contribution in [0.1, 0.15) is 58.3 Å². The van der Waals surface area contributed by atoms with Gasteiger partial charge in [0.1, 0.15) is 0 Å². The Kier molecular flexibility index (Phi) is 2.51. The molecule has 2 saturated carbocycles. The molecule has 0 radical (unpaired) electrons. The van der Waals surface area contributed by atoms with Gasteiger partial charge < -0.3 is 0 Å². The van der Waals surface area contributed by atoms with Crippen LogP contribution in [0.25, 0.3) is 0 Å². The molecule has 0 aromatic rings. The van der Waals surface area contributed by atoms with Gasteiger partial charge in [0.15, 0.2) is 0 Å². The third-order valence-corrected chi connectivity index (χ3v) is 6.80. The quantitative estimate of drug-likeness (QED) is 0.553. The molecule has 0 aromatic heterocycles. The third kappa shape index (κ3) is 1.50. The monoisotopic (exact) mass is 242 g/mol. The molecular weight excluding hydrogens is 216 g/mol. The molecule has 4 rings (SSSR count). The van der Waals surface area contributed by atoms with Crippen molar-refractivity contribution in [3.8, 4) is 0 Å². The first-order chi connectivity index (χ1) is 8.78. The Bertz CT molecular complexity index is 402. The van der Waals surface area contributed by atoms with E-state index in [4.69, 9.17) is 0 Å². The highest BCUT2D eigenvalue weighted by Crippen LogP contribution is 2.60. The summed E-state index contributed by atoms with van der Waals surface area (Å²) >= 11 is 0. The van der Waals surface area contributed by atoms with Gasteiger partial charge in [-0.15, -0.1) is 0 Å². The fraction of sp³-hybridized carbons (Fsp3) is 0.778. The van der Waals surface area contributed by atoms with Crippen LogP contribution in [0.2, 0.25) is 0 Å². The molecule has 0 heterocycles. The predicted molar refractivity (Wildman–Crippen MR) is 76.2 cm³/mol. The summed E-state index contributed by atoms with van der Waals surface area (Å²) < 4.78 is 0. The van der Waals surface area contributed by atoms with Crippen LogP contribution in [0.3, 0.4) is 0 Å². The number of hydrogen-bond acceptors (Lipinski definition) is 0. The maximum absolute atomic E-state index is 2.60. The lowest BCUT2D eigenvalue weighted by molar-refractivity contribution is 0.0143. The van der Waals surface area contributed by atoms with Gasteiger partial charge in [0.05, 0.1) is 0 Å². The highest BCUT2D eigenvalue weighted by molar-refractivity contribution is 5.29. The van der Waals surface area contributed by atoms with Gasteiger partial charge in [-0.2, -0.15) is 0 Å². The summed E-state index contributed by atoms with van der Waals surface area (Å²) in [6, 6.07) is 0. The molecule has 0 amide bonds. The fourth-order valence-electron chi connectivity index (χ4n) is 5.89. The van der Waals surface area contributed by atoms with E-state index in [0.717, 1.165) is 29.1 Å². The van der Waals surface area contributed by atoms with Gasteiger partial charge in [-0.3, -0.25) is 0 Å². The van der Waals surface area contributed by atoms with Gasteiger partial charge >= 0.3 is 0 Å². The minimum atomic E-state index is 0.719. The summed E-state index contributed by atoms with van der Waals surface area (Å²) in [6.07, 6.45) is 19.2. The average Bonchev–Trinajstić information content (AvgIpc) is 2.80. The Hall–Kier alpha value is -0.520.